The summed E-state index contributed by atoms with van der Waals surface area (Å²) < 4.78 is 0. The van der Waals surface area contributed by atoms with E-state index in [2.05, 4.69) is 55.6 Å². The van der Waals surface area contributed by atoms with Crippen molar-refractivity contribution in [1.29, 1.82) is 0 Å². The number of benzene rings is 2. The minimum Gasteiger partial charge on any atom is -0.382 e. The van der Waals surface area contributed by atoms with Gasteiger partial charge in [-0.2, -0.15) is 0 Å². The normalized spacial score (nSPS) is 12.7. The smallest absolute Gasteiger partial charge is 0.0730 e. The second-order valence-corrected chi connectivity index (χ2v) is 4.97. The first-order valence-corrected chi connectivity index (χ1v) is 6.83. The van der Waals surface area contributed by atoms with Gasteiger partial charge in [-0.3, -0.25) is 0 Å². The molecule has 0 aliphatic heterocycles. The molecule has 1 unspecified atom stereocenters. The lowest BCUT2D eigenvalue weighted by Gasteiger charge is -2.17. The van der Waals surface area contributed by atoms with Crippen LogP contribution in [0.25, 0.3) is 21.8 Å². The molecule has 19 heavy (non-hydrogen) atoms. The number of hydrogen-bond donors (Lipinski definition) is 1. The Labute approximate surface area is 113 Å². The summed E-state index contributed by atoms with van der Waals surface area (Å²) in [5, 5.41) is 6.03. The lowest BCUT2D eigenvalue weighted by Crippen LogP contribution is -2.14. The van der Waals surface area contributed by atoms with E-state index in [0.29, 0.717) is 6.04 Å². The second-order valence-electron chi connectivity index (χ2n) is 4.97. The van der Waals surface area contributed by atoms with Crippen molar-refractivity contribution in [2.45, 2.75) is 26.3 Å². The molecule has 1 aromatic heterocycles. The van der Waals surface area contributed by atoms with Gasteiger partial charge in [0.25, 0.3) is 0 Å². The summed E-state index contributed by atoms with van der Waals surface area (Å²) in [6.07, 6.45) is 1.10. The van der Waals surface area contributed by atoms with Crippen molar-refractivity contribution in [2.24, 2.45) is 0 Å². The fraction of sp³-hybridized carbons (Fsp3) is 0.235. The number of aromatic nitrogens is 1. The maximum absolute atomic E-state index is 4.73. The van der Waals surface area contributed by atoms with Crippen LogP contribution < -0.4 is 5.32 Å². The number of hydrogen-bond acceptors (Lipinski definition) is 2. The Bertz CT molecular complexity index is 665. The molecule has 0 aliphatic carbocycles. The summed E-state index contributed by atoms with van der Waals surface area (Å²) >= 11 is 0. The summed E-state index contributed by atoms with van der Waals surface area (Å²) in [7, 11) is 0. The molecule has 0 radical (unpaired) electrons. The maximum Gasteiger partial charge on any atom is 0.0730 e. The zero-order valence-corrected chi connectivity index (χ0v) is 11.4. The van der Waals surface area contributed by atoms with E-state index >= 15 is 0 Å². The third-order valence-corrected chi connectivity index (χ3v) is 3.59. The van der Waals surface area contributed by atoms with Crippen LogP contribution >= 0.6 is 0 Å². The van der Waals surface area contributed by atoms with Gasteiger partial charge in [-0.1, -0.05) is 43.3 Å². The zero-order chi connectivity index (χ0) is 13.2. The van der Waals surface area contributed by atoms with Gasteiger partial charge in [0.05, 0.1) is 16.7 Å². The monoisotopic (exact) mass is 250 g/mol. The Kier molecular flexibility index (Phi) is 3.08. The Morgan fingerprint density at radius 1 is 0.947 bits per heavy atom. The van der Waals surface area contributed by atoms with Gasteiger partial charge in [-0.05, 0) is 25.5 Å². The van der Waals surface area contributed by atoms with Crippen molar-refractivity contribution in [3.63, 3.8) is 0 Å². The van der Waals surface area contributed by atoms with Crippen LogP contribution in [0.4, 0.5) is 5.69 Å². The highest BCUT2D eigenvalue weighted by Crippen LogP contribution is 2.31. The van der Waals surface area contributed by atoms with Gasteiger partial charge in [0.1, 0.15) is 0 Å². The first kappa shape index (κ1) is 12.0. The van der Waals surface area contributed by atoms with E-state index in [1.165, 1.54) is 16.5 Å². The number of pyridine rings is 1. The molecule has 2 heteroatoms. The summed E-state index contributed by atoms with van der Waals surface area (Å²) in [4.78, 5) is 4.73. The van der Waals surface area contributed by atoms with Crippen LogP contribution in [0.15, 0.2) is 48.5 Å². The standard InChI is InChI=1S/C17H18N2/c1-3-12(2)18-17-13-8-4-6-10-15(13)19-16-11-7-5-9-14(16)17/h4-12H,3H2,1-2H3,(H,18,19). The zero-order valence-electron chi connectivity index (χ0n) is 11.4. The van der Waals surface area contributed by atoms with Crippen LogP contribution in [0.1, 0.15) is 20.3 Å². The molecule has 3 rings (SSSR count). The van der Waals surface area contributed by atoms with E-state index in [1.807, 2.05) is 12.1 Å². The fourth-order valence-corrected chi connectivity index (χ4v) is 2.34. The number of para-hydroxylation sites is 2. The predicted molar refractivity (Wildman–Crippen MR) is 82.6 cm³/mol. The molecule has 0 spiro atoms. The van der Waals surface area contributed by atoms with Crippen LogP contribution in [0.2, 0.25) is 0 Å². The van der Waals surface area contributed by atoms with Crippen LogP contribution in [0.3, 0.4) is 0 Å². The third-order valence-electron chi connectivity index (χ3n) is 3.59. The van der Waals surface area contributed by atoms with Gasteiger partial charge in [0.15, 0.2) is 0 Å². The third kappa shape index (κ3) is 2.14. The van der Waals surface area contributed by atoms with Gasteiger partial charge < -0.3 is 5.32 Å². The van der Waals surface area contributed by atoms with E-state index in [9.17, 15) is 0 Å². The average molecular weight is 250 g/mol. The second kappa shape index (κ2) is 4.88. The van der Waals surface area contributed by atoms with Gasteiger partial charge in [-0.15, -0.1) is 0 Å². The molecule has 0 amide bonds. The molecule has 96 valence electrons. The van der Waals surface area contributed by atoms with Crippen molar-refractivity contribution in [1.82, 2.24) is 4.98 Å². The largest absolute Gasteiger partial charge is 0.382 e. The van der Waals surface area contributed by atoms with Crippen LogP contribution in [0, 0.1) is 0 Å². The summed E-state index contributed by atoms with van der Waals surface area (Å²) in [6.45, 7) is 4.41. The predicted octanol–water partition coefficient (Wildman–Crippen LogP) is 4.60. The molecular weight excluding hydrogens is 232 g/mol. The molecule has 2 aromatic carbocycles. The maximum atomic E-state index is 4.73. The van der Waals surface area contributed by atoms with E-state index < -0.39 is 0 Å². The lowest BCUT2D eigenvalue weighted by molar-refractivity contribution is 0.766. The number of fused-ring (bicyclic) bond motifs is 2. The molecule has 1 N–H and O–H groups in total. The van der Waals surface area contributed by atoms with E-state index in [4.69, 9.17) is 4.98 Å². The van der Waals surface area contributed by atoms with Gasteiger partial charge >= 0.3 is 0 Å². The first-order valence-electron chi connectivity index (χ1n) is 6.83. The molecule has 0 fully saturated rings. The van der Waals surface area contributed by atoms with Crippen LogP contribution in [0.5, 0.6) is 0 Å². The first-order chi connectivity index (χ1) is 9.29. The molecule has 3 aromatic rings. The molecule has 0 bridgehead atoms. The minimum atomic E-state index is 0.453. The van der Waals surface area contributed by atoms with Gasteiger partial charge in [-0.25, -0.2) is 4.98 Å². The summed E-state index contributed by atoms with van der Waals surface area (Å²) in [6, 6.07) is 17.1. The average Bonchev–Trinajstić information content (AvgIpc) is 2.46. The molecule has 0 saturated heterocycles. The highest BCUT2D eigenvalue weighted by atomic mass is 14.9. The van der Waals surface area contributed by atoms with Crippen molar-refractivity contribution in [3.05, 3.63) is 48.5 Å². The Morgan fingerprint density at radius 2 is 1.47 bits per heavy atom. The van der Waals surface area contributed by atoms with Crippen molar-refractivity contribution < 1.29 is 0 Å². The van der Waals surface area contributed by atoms with Gasteiger partial charge in [0, 0.05) is 16.8 Å². The molecule has 0 aliphatic rings. The van der Waals surface area contributed by atoms with Crippen LogP contribution in [-0.2, 0) is 0 Å². The van der Waals surface area contributed by atoms with Crippen molar-refractivity contribution in [3.8, 4) is 0 Å². The highest BCUT2D eigenvalue weighted by molar-refractivity contribution is 6.07. The van der Waals surface area contributed by atoms with E-state index in [-0.39, 0.29) is 0 Å². The molecule has 2 nitrogen and oxygen atoms in total. The summed E-state index contributed by atoms with van der Waals surface area (Å²) in [5.74, 6) is 0. The summed E-state index contributed by atoms with van der Waals surface area (Å²) in [5.41, 5.74) is 3.30. The number of nitrogens with one attached hydrogen (secondary N) is 1. The Balaban J connectivity index is 2.33. The molecule has 1 atom stereocenters. The SMILES string of the molecule is CCC(C)Nc1c2ccccc2nc2ccccc12. The van der Waals surface area contributed by atoms with Crippen molar-refractivity contribution >= 4 is 27.5 Å². The highest BCUT2D eigenvalue weighted by Gasteiger charge is 2.09. The lowest BCUT2D eigenvalue weighted by atomic mass is 10.1. The van der Waals surface area contributed by atoms with Crippen molar-refractivity contribution in [2.75, 3.05) is 5.32 Å². The Morgan fingerprint density at radius 3 is 2.00 bits per heavy atom. The van der Waals surface area contributed by atoms with E-state index in [0.717, 1.165) is 17.5 Å². The minimum absolute atomic E-state index is 0.453. The van der Waals surface area contributed by atoms with Crippen LogP contribution in [-0.4, -0.2) is 11.0 Å². The number of nitrogens with zero attached hydrogens (tertiary/aromatic N) is 1. The Hall–Kier alpha value is -2.09. The van der Waals surface area contributed by atoms with Gasteiger partial charge in [0.2, 0.25) is 0 Å². The van der Waals surface area contributed by atoms with E-state index in [1.54, 1.807) is 0 Å². The molecule has 1 heterocycles. The fourth-order valence-electron chi connectivity index (χ4n) is 2.34. The quantitative estimate of drug-likeness (QED) is 0.687. The molecular formula is C17H18N2. The number of anilines is 1. The molecule has 0 saturated carbocycles. The topological polar surface area (TPSA) is 24.9 Å². The number of rotatable bonds is 3.